The van der Waals surface area contributed by atoms with Crippen LogP contribution in [-0.4, -0.2) is 59.8 Å². The molecule has 1 fully saturated rings. The molecule has 0 unspecified atom stereocenters. The van der Waals surface area contributed by atoms with Gasteiger partial charge in [0.25, 0.3) is 0 Å². The number of rotatable bonds is 8. The van der Waals surface area contributed by atoms with Gasteiger partial charge in [0.05, 0.1) is 33.7 Å². The monoisotopic (exact) mass is 624 g/mol. The van der Waals surface area contributed by atoms with Gasteiger partial charge in [0.2, 0.25) is 0 Å². The van der Waals surface area contributed by atoms with Crippen LogP contribution in [0.5, 0.6) is 0 Å². The zero-order valence-electron chi connectivity index (χ0n) is 23.3. The fourth-order valence-corrected chi connectivity index (χ4v) is 6.09. The van der Waals surface area contributed by atoms with E-state index in [2.05, 4.69) is 36.6 Å². The lowest BCUT2D eigenvalue weighted by Gasteiger charge is -2.16. The van der Waals surface area contributed by atoms with Gasteiger partial charge < -0.3 is 15.7 Å². The molecule has 6 aromatic rings. The molecule has 1 saturated heterocycles. The summed E-state index contributed by atoms with van der Waals surface area (Å²) >= 11 is 13.9. The highest BCUT2D eigenvalue weighted by Crippen LogP contribution is 2.41. The van der Waals surface area contributed by atoms with Crippen LogP contribution in [0.3, 0.4) is 0 Å². The highest BCUT2D eigenvalue weighted by molar-refractivity contribution is 6.39. The van der Waals surface area contributed by atoms with E-state index < -0.39 is 0 Å². The number of carbonyl (C=O) groups excluding carboxylic acids is 1. The van der Waals surface area contributed by atoms with E-state index in [1.54, 1.807) is 23.0 Å². The van der Waals surface area contributed by atoms with Crippen LogP contribution in [0.2, 0.25) is 10.0 Å². The summed E-state index contributed by atoms with van der Waals surface area (Å²) in [5.41, 5.74) is 5.42. The third-order valence-electron chi connectivity index (χ3n) is 7.68. The summed E-state index contributed by atoms with van der Waals surface area (Å²) < 4.78 is 1.65. The first-order chi connectivity index (χ1) is 21.5. The number of nitrogens with zero attached hydrogens (tertiary/aromatic N) is 6. The smallest absolute Gasteiger partial charge is 0.181 e. The lowest BCUT2D eigenvalue weighted by molar-refractivity contribution is 0.111. The number of anilines is 4. The minimum absolute atomic E-state index is 0.260. The number of halogens is 2. The highest BCUT2D eigenvalue weighted by atomic mass is 35.5. The third kappa shape index (κ3) is 5.33. The molecule has 1 aliphatic rings. The molecule has 7 rings (SSSR count). The largest absolute Gasteiger partial charge is 0.392 e. The molecule has 2 aromatic carbocycles. The van der Waals surface area contributed by atoms with Crippen molar-refractivity contribution in [3.63, 3.8) is 0 Å². The number of aliphatic hydroxyl groups is 1. The van der Waals surface area contributed by atoms with E-state index in [4.69, 9.17) is 28.2 Å². The van der Waals surface area contributed by atoms with Crippen molar-refractivity contribution in [2.24, 2.45) is 0 Å². The molecule has 12 heteroatoms. The number of hydrogen-bond donors (Lipinski definition) is 3. The number of benzene rings is 2. The maximum atomic E-state index is 11.4. The summed E-state index contributed by atoms with van der Waals surface area (Å²) in [7, 11) is 0. The van der Waals surface area contributed by atoms with E-state index >= 15 is 0 Å². The first kappa shape index (κ1) is 28.2. The number of aldehydes is 1. The Bertz CT molecular complexity index is 2030. The number of hydrogen-bond acceptors (Lipinski definition) is 9. The second kappa shape index (κ2) is 11.8. The molecule has 3 N–H and O–H groups in total. The van der Waals surface area contributed by atoms with Gasteiger partial charge in [0, 0.05) is 60.9 Å². The number of aliphatic hydroxyl groups excluding tert-OH is 1. The van der Waals surface area contributed by atoms with Crippen molar-refractivity contribution in [2.45, 2.75) is 19.1 Å². The summed E-state index contributed by atoms with van der Waals surface area (Å²) in [4.78, 5) is 31.6. The Hall–Kier alpha value is -4.61. The quantitative estimate of drug-likeness (QED) is 0.163. The average Bonchev–Trinajstić information content (AvgIpc) is 3.65. The Morgan fingerprint density at radius 1 is 0.909 bits per heavy atom. The van der Waals surface area contributed by atoms with E-state index in [0.29, 0.717) is 50.9 Å². The Balaban J connectivity index is 1.17. The fraction of sp³-hybridized carbons (Fsp3) is 0.156. The summed E-state index contributed by atoms with van der Waals surface area (Å²) in [6.45, 7) is 2.29. The molecule has 1 atom stereocenters. The zero-order chi connectivity index (χ0) is 30.2. The van der Waals surface area contributed by atoms with Crippen molar-refractivity contribution in [2.75, 3.05) is 23.7 Å². The van der Waals surface area contributed by atoms with Crippen LogP contribution in [0, 0.1) is 0 Å². The van der Waals surface area contributed by atoms with Crippen molar-refractivity contribution in [3.05, 3.63) is 101 Å². The topological polar surface area (TPSA) is 121 Å². The van der Waals surface area contributed by atoms with Crippen molar-refractivity contribution in [1.29, 1.82) is 0 Å². The molecule has 1 aliphatic heterocycles. The first-order valence-corrected chi connectivity index (χ1v) is 14.8. The van der Waals surface area contributed by atoms with Crippen molar-refractivity contribution >= 4 is 69.0 Å². The van der Waals surface area contributed by atoms with Gasteiger partial charge in [-0.2, -0.15) is 0 Å². The molecule has 220 valence electrons. The molecular formula is C32H26Cl2N8O2. The SMILES string of the molecule is O=Cc1cnc2c(Nc3cccc(-c4cccc(Nc5nccc6cc(CN7CC[C@@H](O)C7)cnc56)c4Cl)c3Cl)nccn12. The Kier molecular flexibility index (Phi) is 7.57. The predicted molar refractivity (Wildman–Crippen MR) is 172 cm³/mol. The van der Waals surface area contributed by atoms with E-state index in [9.17, 15) is 9.90 Å². The Morgan fingerprint density at radius 2 is 1.64 bits per heavy atom. The van der Waals surface area contributed by atoms with E-state index in [-0.39, 0.29) is 6.10 Å². The molecule has 10 nitrogen and oxygen atoms in total. The maximum Gasteiger partial charge on any atom is 0.181 e. The van der Waals surface area contributed by atoms with Gasteiger partial charge in [0.15, 0.2) is 23.6 Å². The molecule has 0 saturated carbocycles. The normalized spacial score (nSPS) is 15.2. The Labute approximate surface area is 262 Å². The minimum atomic E-state index is -0.260. The molecule has 4 aromatic heterocycles. The van der Waals surface area contributed by atoms with Gasteiger partial charge in [-0.05, 0) is 36.2 Å². The fourth-order valence-electron chi connectivity index (χ4n) is 5.54. The third-order valence-corrected chi connectivity index (χ3v) is 8.50. The van der Waals surface area contributed by atoms with Crippen molar-refractivity contribution in [1.82, 2.24) is 29.2 Å². The highest BCUT2D eigenvalue weighted by Gasteiger charge is 2.21. The van der Waals surface area contributed by atoms with Crippen LogP contribution in [0.25, 0.3) is 27.7 Å². The van der Waals surface area contributed by atoms with Gasteiger partial charge in [-0.3, -0.25) is 19.1 Å². The average molecular weight is 626 g/mol. The van der Waals surface area contributed by atoms with Gasteiger partial charge in [0.1, 0.15) is 11.2 Å². The van der Waals surface area contributed by atoms with E-state index in [1.807, 2.05) is 48.7 Å². The summed E-state index contributed by atoms with van der Waals surface area (Å²) in [6, 6.07) is 15.3. The van der Waals surface area contributed by atoms with E-state index in [1.165, 1.54) is 6.20 Å². The number of likely N-dealkylation sites (tertiary alicyclic amines) is 1. The molecule has 0 amide bonds. The number of pyridine rings is 2. The maximum absolute atomic E-state index is 11.4. The minimum Gasteiger partial charge on any atom is -0.392 e. The van der Waals surface area contributed by atoms with Gasteiger partial charge in [-0.1, -0.05) is 47.5 Å². The van der Waals surface area contributed by atoms with Gasteiger partial charge >= 0.3 is 0 Å². The summed E-state index contributed by atoms with van der Waals surface area (Å²) in [6.07, 6.45) is 9.63. The summed E-state index contributed by atoms with van der Waals surface area (Å²) in [5.74, 6) is 1.04. The first-order valence-electron chi connectivity index (χ1n) is 14.0. The van der Waals surface area contributed by atoms with Crippen LogP contribution >= 0.6 is 23.2 Å². The lowest BCUT2D eigenvalue weighted by Crippen LogP contribution is -2.21. The predicted octanol–water partition coefficient (Wildman–Crippen LogP) is 6.51. The lowest BCUT2D eigenvalue weighted by atomic mass is 10.0. The second-order valence-electron chi connectivity index (χ2n) is 10.6. The van der Waals surface area contributed by atoms with Gasteiger partial charge in [-0.15, -0.1) is 0 Å². The number of carbonyl (C=O) groups is 1. The number of nitrogens with one attached hydrogen (secondary N) is 2. The molecule has 0 spiro atoms. The van der Waals surface area contributed by atoms with Crippen LogP contribution in [0.4, 0.5) is 23.0 Å². The van der Waals surface area contributed by atoms with Crippen molar-refractivity contribution in [3.8, 4) is 11.1 Å². The van der Waals surface area contributed by atoms with E-state index in [0.717, 1.165) is 53.4 Å². The van der Waals surface area contributed by atoms with Crippen LogP contribution in [0.1, 0.15) is 22.5 Å². The second-order valence-corrected chi connectivity index (χ2v) is 11.4. The van der Waals surface area contributed by atoms with Crippen LogP contribution in [-0.2, 0) is 6.54 Å². The van der Waals surface area contributed by atoms with Crippen molar-refractivity contribution < 1.29 is 9.90 Å². The van der Waals surface area contributed by atoms with Crippen LogP contribution < -0.4 is 10.6 Å². The molecule has 44 heavy (non-hydrogen) atoms. The molecule has 0 bridgehead atoms. The number of β-amino-alcohol motifs (C(OH)–C–C–N with tert-alkyl or cyclic N) is 1. The Morgan fingerprint density at radius 3 is 2.34 bits per heavy atom. The van der Waals surface area contributed by atoms with Gasteiger partial charge in [-0.25, -0.2) is 15.0 Å². The molecule has 0 radical (unpaired) electrons. The standard InChI is InChI=1S/C32H26Cl2N8O2/c33-27-23(24-4-2-6-26(28(24)34)40-31-32-38-15-21(18-43)42(32)12-10-36-31)3-1-5-25(27)39-30-29-20(7-9-35-30)13-19(14-37-29)16-41-11-8-22(44)17-41/h1-7,9-10,12-15,18,22,44H,8,11,16-17H2,(H,35,39)(H,36,40)/t22-/m1/s1. The zero-order valence-corrected chi connectivity index (χ0v) is 24.8. The molecule has 5 heterocycles. The summed E-state index contributed by atoms with van der Waals surface area (Å²) in [5, 5.41) is 18.4. The number of fused-ring (bicyclic) bond motifs is 2. The van der Waals surface area contributed by atoms with Crippen LogP contribution in [0.15, 0.2) is 79.5 Å². The number of aromatic nitrogens is 5. The molecule has 0 aliphatic carbocycles. The number of imidazole rings is 1. The molecular weight excluding hydrogens is 599 g/mol.